The first-order chi connectivity index (χ1) is 9.99. The molecule has 0 atom stereocenters. The molecular weight excluding hydrogens is 297 g/mol. The van der Waals surface area contributed by atoms with Gasteiger partial charge in [-0.05, 0) is 39.0 Å². The molecule has 3 N–H and O–H groups in total. The number of nitrogen functional groups attached to an aromatic ring is 1. The van der Waals surface area contributed by atoms with Crippen molar-refractivity contribution in [1.82, 2.24) is 5.32 Å². The summed E-state index contributed by atoms with van der Waals surface area (Å²) in [6.45, 7) is 4.96. The van der Waals surface area contributed by atoms with E-state index in [0.29, 0.717) is 0 Å². The Hall–Kier alpha value is -2.36. The summed E-state index contributed by atoms with van der Waals surface area (Å²) in [6, 6.07) is 3.35. The number of nitrogens with one attached hydrogen (secondary N) is 1. The summed E-state index contributed by atoms with van der Waals surface area (Å²) in [5.41, 5.74) is 3.60. The van der Waals surface area contributed by atoms with Crippen LogP contribution in [-0.2, 0) is 10.9 Å². The molecule has 7 heteroatoms. The third kappa shape index (κ3) is 5.95. The van der Waals surface area contributed by atoms with Crippen molar-refractivity contribution in [3.8, 4) is 11.8 Å². The van der Waals surface area contributed by atoms with Crippen molar-refractivity contribution in [3.05, 3.63) is 29.3 Å². The molecule has 0 radical (unpaired) electrons. The number of carbonyl (C=O) groups is 1. The molecule has 1 amide bonds. The third-order valence-electron chi connectivity index (χ3n) is 2.29. The lowest BCUT2D eigenvalue weighted by Crippen LogP contribution is -2.32. The van der Waals surface area contributed by atoms with Gasteiger partial charge in [0.1, 0.15) is 5.60 Å². The summed E-state index contributed by atoms with van der Waals surface area (Å²) in [5, 5.41) is 2.34. The van der Waals surface area contributed by atoms with Crippen LogP contribution in [0.15, 0.2) is 18.2 Å². The van der Waals surface area contributed by atoms with Crippen molar-refractivity contribution >= 4 is 11.8 Å². The standard InChI is InChI=1S/C15H17F3N2O2/c1-14(2,3)22-13(21)20-8-4-5-10-6-7-11(19)9-12(10)15(16,17)18/h6-7,9H,8,19H2,1-3H3,(H,20,21). The fourth-order valence-corrected chi connectivity index (χ4v) is 1.48. The highest BCUT2D eigenvalue weighted by Crippen LogP contribution is 2.32. The first-order valence-corrected chi connectivity index (χ1v) is 6.41. The average Bonchev–Trinajstić information content (AvgIpc) is 2.32. The van der Waals surface area contributed by atoms with Gasteiger partial charge in [0.15, 0.2) is 0 Å². The first-order valence-electron chi connectivity index (χ1n) is 6.41. The lowest BCUT2D eigenvalue weighted by atomic mass is 10.1. The number of hydrogen-bond acceptors (Lipinski definition) is 3. The van der Waals surface area contributed by atoms with E-state index < -0.39 is 23.4 Å². The first kappa shape index (κ1) is 17.7. The van der Waals surface area contributed by atoms with Gasteiger partial charge in [-0.3, -0.25) is 0 Å². The average molecular weight is 314 g/mol. The Morgan fingerprint density at radius 3 is 2.50 bits per heavy atom. The Bertz CT molecular complexity index is 608. The monoisotopic (exact) mass is 314 g/mol. The number of alkyl halides is 3. The molecule has 1 aromatic carbocycles. The Morgan fingerprint density at radius 1 is 1.32 bits per heavy atom. The van der Waals surface area contributed by atoms with E-state index in [1.807, 2.05) is 0 Å². The van der Waals surface area contributed by atoms with Crippen LogP contribution in [0.2, 0.25) is 0 Å². The third-order valence-corrected chi connectivity index (χ3v) is 2.29. The molecule has 0 aliphatic rings. The van der Waals surface area contributed by atoms with Crippen molar-refractivity contribution in [3.63, 3.8) is 0 Å². The van der Waals surface area contributed by atoms with Crippen LogP contribution in [0.3, 0.4) is 0 Å². The molecule has 0 aliphatic heterocycles. The highest BCUT2D eigenvalue weighted by atomic mass is 19.4. The number of rotatable bonds is 1. The van der Waals surface area contributed by atoms with Crippen molar-refractivity contribution in [2.75, 3.05) is 12.3 Å². The molecule has 0 aliphatic carbocycles. The van der Waals surface area contributed by atoms with Gasteiger partial charge in [0.2, 0.25) is 0 Å². The second kappa shape index (κ2) is 6.60. The van der Waals surface area contributed by atoms with Gasteiger partial charge in [-0.2, -0.15) is 13.2 Å². The van der Waals surface area contributed by atoms with Crippen LogP contribution in [0.4, 0.5) is 23.7 Å². The summed E-state index contributed by atoms with van der Waals surface area (Å²) in [7, 11) is 0. The summed E-state index contributed by atoms with van der Waals surface area (Å²) >= 11 is 0. The van der Waals surface area contributed by atoms with E-state index >= 15 is 0 Å². The molecular formula is C15H17F3N2O2. The summed E-state index contributed by atoms with van der Waals surface area (Å²) in [5.74, 6) is 4.82. The Balaban J connectivity index is 2.76. The van der Waals surface area contributed by atoms with Crippen LogP contribution in [0.1, 0.15) is 31.9 Å². The van der Waals surface area contributed by atoms with Crippen LogP contribution in [0.25, 0.3) is 0 Å². The summed E-state index contributed by atoms with van der Waals surface area (Å²) < 4.78 is 43.5. The normalized spacial score (nSPS) is 11.4. The highest BCUT2D eigenvalue weighted by molar-refractivity contribution is 5.68. The van der Waals surface area contributed by atoms with Crippen molar-refractivity contribution in [2.24, 2.45) is 0 Å². The van der Waals surface area contributed by atoms with E-state index in [-0.39, 0.29) is 17.8 Å². The van der Waals surface area contributed by atoms with Crippen LogP contribution in [0.5, 0.6) is 0 Å². The van der Waals surface area contributed by atoms with E-state index in [0.717, 1.165) is 6.07 Å². The zero-order chi connectivity index (χ0) is 17.0. The van der Waals surface area contributed by atoms with Gasteiger partial charge in [-0.15, -0.1) is 0 Å². The SMILES string of the molecule is CC(C)(C)OC(=O)NCC#Cc1ccc(N)cc1C(F)(F)F. The second-order valence-electron chi connectivity index (χ2n) is 5.46. The van der Waals surface area contributed by atoms with E-state index in [1.54, 1.807) is 20.8 Å². The van der Waals surface area contributed by atoms with Crippen molar-refractivity contribution < 1.29 is 22.7 Å². The molecule has 0 heterocycles. The number of anilines is 1. The predicted octanol–water partition coefficient (Wildman–Crippen LogP) is 3.16. The number of hydrogen-bond donors (Lipinski definition) is 2. The van der Waals surface area contributed by atoms with Crippen LogP contribution in [-0.4, -0.2) is 18.2 Å². The van der Waals surface area contributed by atoms with Gasteiger partial charge in [0, 0.05) is 11.3 Å². The van der Waals surface area contributed by atoms with Gasteiger partial charge in [0.25, 0.3) is 0 Å². The number of carbonyl (C=O) groups excluding carboxylic acids is 1. The molecule has 1 rings (SSSR count). The molecule has 0 aromatic heterocycles. The minimum Gasteiger partial charge on any atom is -0.444 e. The fourth-order valence-electron chi connectivity index (χ4n) is 1.48. The number of ether oxygens (including phenoxy) is 1. The summed E-state index contributed by atoms with van der Waals surface area (Å²) in [6.07, 6.45) is -5.23. The number of amides is 1. The fraction of sp³-hybridized carbons (Fsp3) is 0.400. The summed E-state index contributed by atoms with van der Waals surface area (Å²) in [4.78, 5) is 11.3. The maximum atomic E-state index is 12.8. The Labute approximate surface area is 126 Å². The van der Waals surface area contributed by atoms with Crippen LogP contribution in [0, 0.1) is 11.8 Å². The number of halogens is 3. The zero-order valence-corrected chi connectivity index (χ0v) is 12.5. The number of alkyl carbamates (subject to hydrolysis) is 1. The van der Waals surface area contributed by atoms with Gasteiger partial charge in [-0.1, -0.05) is 11.8 Å². The molecule has 1 aromatic rings. The molecule has 0 bridgehead atoms. The van der Waals surface area contributed by atoms with Gasteiger partial charge >= 0.3 is 12.3 Å². The smallest absolute Gasteiger partial charge is 0.417 e. The van der Waals surface area contributed by atoms with E-state index in [4.69, 9.17) is 10.5 Å². The van der Waals surface area contributed by atoms with E-state index in [1.165, 1.54) is 12.1 Å². The van der Waals surface area contributed by atoms with Gasteiger partial charge in [-0.25, -0.2) is 4.79 Å². The second-order valence-corrected chi connectivity index (χ2v) is 5.46. The van der Waals surface area contributed by atoms with Gasteiger partial charge < -0.3 is 15.8 Å². The highest BCUT2D eigenvalue weighted by Gasteiger charge is 2.33. The lowest BCUT2D eigenvalue weighted by molar-refractivity contribution is -0.137. The molecule has 0 unspecified atom stereocenters. The number of nitrogens with two attached hydrogens (primary N) is 1. The predicted molar refractivity (Wildman–Crippen MR) is 77.0 cm³/mol. The minimum absolute atomic E-state index is 0.00440. The van der Waals surface area contributed by atoms with Crippen molar-refractivity contribution in [1.29, 1.82) is 0 Å². The number of benzene rings is 1. The molecule has 120 valence electrons. The quantitative estimate of drug-likeness (QED) is 0.618. The Morgan fingerprint density at radius 2 is 1.95 bits per heavy atom. The minimum atomic E-state index is -4.54. The molecule has 0 saturated carbocycles. The molecule has 0 spiro atoms. The molecule has 22 heavy (non-hydrogen) atoms. The van der Waals surface area contributed by atoms with Gasteiger partial charge in [0.05, 0.1) is 12.1 Å². The topological polar surface area (TPSA) is 64.3 Å². The van der Waals surface area contributed by atoms with E-state index in [2.05, 4.69) is 17.2 Å². The maximum Gasteiger partial charge on any atom is 0.417 e. The Kier molecular flexibility index (Phi) is 5.31. The van der Waals surface area contributed by atoms with E-state index in [9.17, 15) is 18.0 Å². The maximum absolute atomic E-state index is 12.8. The van der Waals surface area contributed by atoms with Crippen LogP contribution < -0.4 is 11.1 Å². The van der Waals surface area contributed by atoms with Crippen molar-refractivity contribution in [2.45, 2.75) is 32.5 Å². The van der Waals surface area contributed by atoms with Crippen LogP contribution >= 0.6 is 0 Å². The molecule has 0 saturated heterocycles. The zero-order valence-electron chi connectivity index (χ0n) is 12.5. The molecule has 0 fully saturated rings. The molecule has 4 nitrogen and oxygen atoms in total. The lowest BCUT2D eigenvalue weighted by Gasteiger charge is -2.19. The largest absolute Gasteiger partial charge is 0.444 e.